The van der Waals surface area contributed by atoms with Crippen molar-refractivity contribution in [2.24, 2.45) is 22.7 Å². The van der Waals surface area contributed by atoms with Crippen LogP contribution < -0.4 is 0 Å². The number of hydrogen-bond acceptors (Lipinski definition) is 0. The summed E-state index contributed by atoms with van der Waals surface area (Å²) in [7, 11) is 0. The molecular weight excluding hydrogens is 339 g/mol. The van der Waals surface area contributed by atoms with E-state index in [0.717, 1.165) is 12.3 Å². The zero-order valence-electron chi connectivity index (χ0n) is 15.1. The fraction of sp³-hybridized carbons (Fsp3) is 0.900. The van der Waals surface area contributed by atoms with Crippen molar-refractivity contribution in [2.75, 3.05) is 5.33 Å². The monoisotopic (exact) mass is 374 g/mol. The summed E-state index contributed by atoms with van der Waals surface area (Å²) in [4.78, 5) is 0. The van der Waals surface area contributed by atoms with E-state index in [9.17, 15) is 4.39 Å². The molecule has 0 aromatic rings. The lowest BCUT2D eigenvalue weighted by Gasteiger charge is -2.17. The van der Waals surface area contributed by atoms with Gasteiger partial charge in [-0.15, -0.1) is 6.58 Å². The molecule has 0 saturated heterocycles. The molecule has 2 fully saturated rings. The van der Waals surface area contributed by atoms with Gasteiger partial charge >= 0.3 is 0 Å². The fourth-order valence-electron chi connectivity index (χ4n) is 4.22. The zero-order chi connectivity index (χ0) is 16.8. The number of rotatable bonds is 5. The van der Waals surface area contributed by atoms with Crippen LogP contribution in [0.4, 0.5) is 4.39 Å². The molecule has 0 N–H and O–H groups in total. The topological polar surface area (TPSA) is 0 Å². The molecule has 130 valence electrons. The van der Waals surface area contributed by atoms with E-state index in [4.69, 9.17) is 0 Å². The Bertz CT molecular complexity index is 335. The normalized spacial score (nSPS) is 30.5. The predicted molar refractivity (Wildman–Crippen MR) is 100 cm³/mol. The van der Waals surface area contributed by atoms with E-state index < -0.39 is 6.17 Å². The van der Waals surface area contributed by atoms with Gasteiger partial charge in [0, 0.05) is 5.33 Å². The number of allylic oxidation sites excluding steroid dienone is 1. The van der Waals surface area contributed by atoms with E-state index >= 15 is 0 Å². The van der Waals surface area contributed by atoms with Crippen LogP contribution in [0.3, 0.4) is 0 Å². The molecule has 2 saturated carbocycles. The molecule has 0 aliphatic heterocycles. The van der Waals surface area contributed by atoms with Crippen LogP contribution in [0.25, 0.3) is 0 Å². The molecule has 0 aromatic carbocycles. The maximum absolute atomic E-state index is 13.0. The highest BCUT2D eigenvalue weighted by molar-refractivity contribution is 9.09. The minimum atomic E-state index is -0.635. The molecule has 22 heavy (non-hydrogen) atoms. The Kier molecular flexibility index (Phi) is 8.12. The van der Waals surface area contributed by atoms with Gasteiger partial charge in [0.1, 0.15) is 6.17 Å². The summed E-state index contributed by atoms with van der Waals surface area (Å²) in [6.07, 6.45) is 11.3. The average Bonchev–Trinajstić information content (AvgIpc) is 2.93. The molecule has 0 radical (unpaired) electrons. The van der Waals surface area contributed by atoms with E-state index in [1.807, 2.05) is 0 Å². The minimum absolute atomic E-state index is 0.469. The maximum Gasteiger partial charge on any atom is 0.110 e. The Hall–Kier alpha value is 0.150. The third kappa shape index (κ3) is 7.62. The van der Waals surface area contributed by atoms with Gasteiger partial charge < -0.3 is 0 Å². The lowest BCUT2D eigenvalue weighted by molar-refractivity contribution is 0.279. The molecule has 0 spiro atoms. The van der Waals surface area contributed by atoms with Crippen LogP contribution in [0.15, 0.2) is 12.7 Å². The largest absolute Gasteiger partial charge is 0.247 e. The van der Waals surface area contributed by atoms with Gasteiger partial charge in [0.15, 0.2) is 0 Å². The molecule has 0 bridgehead atoms. The van der Waals surface area contributed by atoms with Crippen molar-refractivity contribution in [3.63, 3.8) is 0 Å². The van der Waals surface area contributed by atoms with Crippen molar-refractivity contribution in [1.29, 1.82) is 0 Å². The van der Waals surface area contributed by atoms with Gasteiger partial charge in [0.05, 0.1) is 0 Å². The SMILES string of the molecule is C=CCC1CCC(C)(C)C1.CC1(C)CCC(CC(F)CBr)C1. The van der Waals surface area contributed by atoms with Crippen molar-refractivity contribution in [1.82, 2.24) is 0 Å². The standard InChI is InChI=1S/C10H18BrF.C10H18/c1-10(2)4-3-8(6-10)5-9(12)7-11;1-4-5-9-6-7-10(2,3)8-9/h8-9H,3-7H2,1-2H3;4,9H,1,5-8H2,2-3H3. The van der Waals surface area contributed by atoms with Crippen molar-refractivity contribution in [2.45, 2.75) is 85.2 Å². The number of halogens is 2. The van der Waals surface area contributed by atoms with Gasteiger partial charge in [0.2, 0.25) is 0 Å². The van der Waals surface area contributed by atoms with Crippen molar-refractivity contribution >= 4 is 15.9 Å². The van der Waals surface area contributed by atoms with Gasteiger partial charge in [-0.25, -0.2) is 4.39 Å². The average molecular weight is 375 g/mol. The van der Waals surface area contributed by atoms with Crippen LogP contribution in [0.2, 0.25) is 0 Å². The molecule has 0 nitrogen and oxygen atoms in total. The predicted octanol–water partition coefficient (Wildman–Crippen LogP) is 7.32. The van der Waals surface area contributed by atoms with Crippen LogP contribution in [-0.4, -0.2) is 11.5 Å². The second-order valence-electron chi connectivity index (χ2n) is 9.06. The minimum Gasteiger partial charge on any atom is -0.247 e. The molecule has 3 unspecified atom stereocenters. The summed E-state index contributed by atoms with van der Waals surface area (Å²) in [6, 6.07) is 0. The van der Waals surface area contributed by atoms with E-state index in [2.05, 4.69) is 56.3 Å². The summed E-state index contributed by atoms with van der Waals surface area (Å²) in [6.45, 7) is 13.1. The van der Waals surface area contributed by atoms with Crippen LogP contribution in [0.5, 0.6) is 0 Å². The quantitative estimate of drug-likeness (QED) is 0.349. The van der Waals surface area contributed by atoms with E-state index in [1.54, 1.807) is 0 Å². The highest BCUT2D eigenvalue weighted by Gasteiger charge is 2.32. The maximum atomic E-state index is 13.0. The zero-order valence-corrected chi connectivity index (χ0v) is 16.7. The lowest BCUT2D eigenvalue weighted by Crippen LogP contribution is -2.10. The van der Waals surface area contributed by atoms with Crippen molar-refractivity contribution < 1.29 is 4.39 Å². The first-order valence-corrected chi connectivity index (χ1v) is 10.1. The number of hydrogen-bond donors (Lipinski definition) is 0. The summed E-state index contributed by atoms with van der Waals surface area (Å²) >= 11 is 3.18. The van der Waals surface area contributed by atoms with E-state index in [1.165, 1.54) is 44.9 Å². The Labute approximate surface area is 146 Å². The van der Waals surface area contributed by atoms with Gasteiger partial charge in [-0.05, 0) is 74.0 Å². The fourth-order valence-corrected chi connectivity index (χ4v) is 4.49. The molecule has 2 aliphatic rings. The third-order valence-electron chi connectivity index (χ3n) is 5.40. The Morgan fingerprint density at radius 3 is 1.95 bits per heavy atom. The number of alkyl halides is 2. The van der Waals surface area contributed by atoms with Gasteiger partial charge in [-0.2, -0.15) is 0 Å². The molecule has 3 atom stereocenters. The highest BCUT2D eigenvalue weighted by Crippen LogP contribution is 2.43. The van der Waals surface area contributed by atoms with Crippen LogP contribution in [0.1, 0.15) is 79.1 Å². The van der Waals surface area contributed by atoms with Crippen LogP contribution in [0, 0.1) is 22.7 Å². The molecule has 0 aromatic heterocycles. The third-order valence-corrected chi connectivity index (χ3v) is 6.10. The lowest BCUT2D eigenvalue weighted by atomic mass is 9.89. The summed E-state index contributed by atoms with van der Waals surface area (Å²) in [5.74, 6) is 1.57. The molecular formula is C20H36BrF. The Morgan fingerprint density at radius 2 is 1.59 bits per heavy atom. The molecule has 2 heteroatoms. The Balaban J connectivity index is 0.000000224. The summed E-state index contributed by atoms with van der Waals surface area (Å²) in [5.41, 5.74) is 1.09. The second kappa shape index (κ2) is 8.85. The first-order chi connectivity index (χ1) is 10.2. The molecule has 0 amide bonds. The van der Waals surface area contributed by atoms with Crippen molar-refractivity contribution in [3.8, 4) is 0 Å². The van der Waals surface area contributed by atoms with E-state index in [-0.39, 0.29) is 0 Å². The molecule has 2 aliphatic carbocycles. The first-order valence-electron chi connectivity index (χ1n) is 8.98. The highest BCUT2D eigenvalue weighted by atomic mass is 79.9. The molecule has 0 heterocycles. The van der Waals surface area contributed by atoms with Crippen LogP contribution in [-0.2, 0) is 0 Å². The Morgan fingerprint density at radius 1 is 1.09 bits per heavy atom. The smallest absolute Gasteiger partial charge is 0.110 e. The summed E-state index contributed by atoms with van der Waals surface area (Å²) < 4.78 is 13.0. The van der Waals surface area contributed by atoms with Gasteiger partial charge in [0.25, 0.3) is 0 Å². The summed E-state index contributed by atoms with van der Waals surface area (Å²) in [5, 5.41) is 0.504. The van der Waals surface area contributed by atoms with Gasteiger partial charge in [-0.1, -0.05) is 49.7 Å². The van der Waals surface area contributed by atoms with Gasteiger partial charge in [-0.3, -0.25) is 0 Å². The van der Waals surface area contributed by atoms with Crippen molar-refractivity contribution in [3.05, 3.63) is 12.7 Å². The first kappa shape index (κ1) is 20.2. The second-order valence-corrected chi connectivity index (χ2v) is 9.71. The molecule has 2 rings (SSSR count). The van der Waals surface area contributed by atoms with Crippen LogP contribution >= 0.6 is 15.9 Å². The van der Waals surface area contributed by atoms with E-state index in [0.29, 0.717) is 22.1 Å².